The number of nitrogens with zero attached hydrogens (tertiary/aromatic N) is 2. The lowest BCUT2D eigenvalue weighted by atomic mass is 10.1. The van der Waals surface area contributed by atoms with Gasteiger partial charge in [-0.2, -0.15) is 0 Å². The van der Waals surface area contributed by atoms with Crippen LogP contribution in [0.4, 0.5) is 5.69 Å². The van der Waals surface area contributed by atoms with E-state index >= 15 is 0 Å². The van der Waals surface area contributed by atoms with Gasteiger partial charge < -0.3 is 10.0 Å². The lowest BCUT2D eigenvalue weighted by Gasteiger charge is -2.18. The van der Waals surface area contributed by atoms with E-state index in [-0.39, 0.29) is 0 Å². The molecule has 98 valence electrons. The van der Waals surface area contributed by atoms with E-state index in [9.17, 15) is 9.90 Å². The van der Waals surface area contributed by atoms with Gasteiger partial charge in [0.25, 0.3) is 0 Å². The summed E-state index contributed by atoms with van der Waals surface area (Å²) in [7, 11) is 0. The zero-order valence-corrected chi connectivity index (χ0v) is 10.8. The largest absolute Gasteiger partial charge is 0.478 e. The Balaban J connectivity index is 2.09. The Morgan fingerprint density at radius 2 is 2.26 bits per heavy atom. The summed E-state index contributed by atoms with van der Waals surface area (Å²) in [5.41, 5.74) is 2.14. The van der Waals surface area contributed by atoms with Gasteiger partial charge in [0, 0.05) is 30.4 Å². The number of rotatable bonds is 2. The fourth-order valence-electron chi connectivity index (χ4n) is 2.69. The van der Waals surface area contributed by atoms with Gasteiger partial charge in [-0.3, -0.25) is 4.98 Å². The Morgan fingerprint density at radius 1 is 1.42 bits per heavy atom. The quantitative estimate of drug-likeness (QED) is 0.897. The summed E-state index contributed by atoms with van der Waals surface area (Å²) >= 11 is 0. The van der Waals surface area contributed by atoms with Crippen LogP contribution in [0.2, 0.25) is 0 Å². The Hall–Kier alpha value is -2.10. The third kappa shape index (κ3) is 2.14. The Morgan fingerprint density at radius 3 is 2.95 bits per heavy atom. The molecule has 1 unspecified atom stereocenters. The number of pyridine rings is 1. The van der Waals surface area contributed by atoms with Crippen molar-refractivity contribution in [1.29, 1.82) is 0 Å². The molecule has 1 aromatic heterocycles. The van der Waals surface area contributed by atoms with E-state index in [1.807, 2.05) is 18.2 Å². The molecule has 0 aliphatic carbocycles. The van der Waals surface area contributed by atoms with Crippen LogP contribution in [0.3, 0.4) is 0 Å². The molecule has 0 saturated carbocycles. The van der Waals surface area contributed by atoms with Crippen molar-refractivity contribution in [3.63, 3.8) is 0 Å². The highest BCUT2D eigenvalue weighted by Gasteiger charge is 2.19. The maximum atomic E-state index is 11.3. The fraction of sp³-hybridized carbons (Fsp3) is 0.333. The second kappa shape index (κ2) is 4.53. The van der Waals surface area contributed by atoms with E-state index in [0.29, 0.717) is 16.9 Å². The van der Waals surface area contributed by atoms with E-state index in [4.69, 9.17) is 0 Å². The molecule has 0 amide bonds. The van der Waals surface area contributed by atoms with Crippen LogP contribution in [0, 0.1) is 5.92 Å². The number of carboxylic acids is 1. The summed E-state index contributed by atoms with van der Waals surface area (Å²) in [4.78, 5) is 17.8. The monoisotopic (exact) mass is 256 g/mol. The zero-order chi connectivity index (χ0) is 13.4. The molecule has 2 heterocycles. The van der Waals surface area contributed by atoms with Gasteiger partial charge in [-0.25, -0.2) is 4.79 Å². The highest BCUT2D eigenvalue weighted by molar-refractivity contribution is 6.03. The molecule has 1 aromatic carbocycles. The van der Waals surface area contributed by atoms with Crippen LogP contribution in [-0.4, -0.2) is 29.1 Å². The van der Waals surface area contributed by atoms with Crippen molar-refractivity contribution in [2.24, 2.45) is 5.92 Å². The first-order chi connectivity index (χ1) is 9.15. The number of anilines is 1. The summed E-state index contributed by atoms with van der Waals surface area (Å²) in [6, 6.07) is 7.43. The number of hydrogen-bond donors (Lipinski definition) is 1. The zero-order valence-electron chi connectivity index (χ0n) is 10.8. The van der Waals surface area contributed by atoms with E-state index in [0.717, 1.165) is 24.3 Å². The minimum absolute atomic E-state index is 0.319. The number of hydrogen-bond acceptors (Lipinski definition) is 3. The van der Waals surface area contributed by atoms with Gasteiger partial charge >= 0.3 is 5.97 Å². The van der Waals surface area contributed by atoms with Gasteiger partial charge in [-0.1, -0.05) is 6.92 Å². The summed E-state index contributed by atoms with van der Waals surface area (Å²) in [5, 5.41) is 9.95. The lowest BCUT2D eigenvalue weighted by Crippen LogP contribution is -2.18. The highest BCUT2D eigenvalue weighted by atomic mass is 16.4. The molecule has 1 aliphatic rings. The van der Waals surface area contributed by atoms with Gasteiger partial charge in [0.2, 0.25) is 0 Å². The third-order valence-electron chi connectivity index (χ3n) is 3.74. The van der Waals surface area contributed by atoms with Crippen LogP contribution in [0.5, 0.6) is 0 Å². The molecule has 2 aromatic rings. The second-order valence-corrected chi connectivity index (χ2v) is 5.20. The standard InChI is InChI=1S/C15H16N2O2/c1-10-5-7-17(9-10)11-2-3-14-13(8-11)12(15(18)19)4-6-16-14/h2-4,6,8,10H,5,7,9H2,1H3,(H,18,19). The van der Waals surface area contributed by atoms with Crippen molar-refractivity contribution in [2.45, 2.75) is 13.3 Å². The van der Waals surface area contributed by atoms with Crippen molar-refractivity contribution in [2.75, 3.05) is 18.0 Å². The van der Waals surface area contributed by atoms with Crippen molar-refractivity contribution < 1.29 is 9.90 Å². The van der Waals surface area contributed by atoms with Gasteiger partial charge in [0.15, 0.2) is 0 Å². The lowest BCUT2D eigenvalue weighted by molar-refractivity contribution is 0.0699. The van der Waals surface area contributed by atoms with Gasteiger partial charge in [0.1, 0.15) is 0 Å². The highest BCUT2D eigenvalue weighted by Crippen LogP contribution is 2.27. The molecule has 19 heavy (non-hydrogen) atoms. The molecule has 1 saturated heterocycles. The van der Waals surface area contributed by atoms with E-state index < -0.39 is 5.97 Å². The number of fused-ring (bicyclic) bond motifs is 1. The number of carbonyl (C=O) groups is 1. The van der Waals surface area contributed by atoms with Crippen LogP contribution in [0.15, 0.2) is 30.5 Å². The van der Waals surface area contributed by atoms with Crippen molar-refractivity contribution in [1.82, 2.24) is 4.98 Å². The summed E-state index contributed by atoms with van der Waals surface area (Å²) in [6.45, 7) is 4.31. The molecule has 3 rings (SSSR count). The molecule has 4 nitrogen and oxygen atoms in total. The molecule has 1 N–H and O–H groups in total. The molecule has 0 bridgehead atoms. The van der Waals surface area contributed by atoms with Crippen LogP contribution in [0.1, 0.15) is 23.7 Å². The topological polar surface area (TPSA) is 53.4 Å². The molecule has 4 heteroatoms. The smallest absolute Gasteiger partial charge is 0.336 e. The van der Waals surface area contributed by atoms with E-state index in [1.165, 1.54) is 6.42 Å². The predicted octanol–water partition coefficient (Wildman–Crippen LogP) is 2.78. The summed E-state index contributed by atoms with van der Waals surface area (Å²) in [6.07, 6.45) is 2.74. The average Bonchev–Trinajstić information content (AvgIpc) is 2.84. The number of carboxylic acid groups (broad SMARTS) is 1. The van der Waals surface area contributed by atoms with Crippen LogP contribution < -0.4 is 4.90 Å². The van der Waals surface area contributed by atoms with Crippen molar-refractivity contribution in [3.8, 4) is 0 Å². The number of aromatic nitrogens is 1. The molecule has 0 radical (unpaired) electrons. The van der Waals surface area contributed by atoms with Crippen LogP contribution in [-0.2, 0) is 0 Å². The number of benzene rings is 1. The van der Waals surface area contributed by atoms with Crippen LogP contribution >= 0.6 is 0 Å². The number of aromatic carboxylic acids is 1. The van der Waals surface area contributed by atoms with Crippen molar-refractivity contribution in [3.05, 3.63) is 36.0 Å². The van der Waals surface area contributed by atoms with Crippen molar-refractivity contribution >= 4 is 22.6 Å². The second-order valence-electron chi connectivity index (χ2n) is 5.20. The maximum Gasteiger partial charge on any atom is 0.336 e. The molecule has 1 atom stereocenters. The van der Waals surface area contributed by atoms with E-state index in [2.05, 4.69) is 16.8 Å². The minimum atomic E-state index is -0.903. The SMILES string of the molecule is CC1CCN(c2ccc3nccc(C(=O)O)c3c2)C1. The van der Waals surface area contributed by atoms with Crippen LogP contribution in [0.25, 0.3) is 10.9 Å². The molecule has 0 spiro atoms. The fourth-order valence-corrected chi connectivity index (χ4v) is 2.69. The Labute approximate surface area is 111 Å². The normalized spacial score (nSPS) is 19.0. The Kier molecular flexibility index (Phi) is 2.85. The first-order valence-corrected chi connectivity index (χ1v) is 6.52. The Bertz CT molecular complexity index is 639. The maximum absolute atomic E-state index is 11.3. The first kappa shape index (κ1) is 12.0. The van der Waals surface area contributed by atoms with E-state index in [1.54, 1.807) is 12.3 Å². The average molecular weight is 256 g/mol. The van der Waals surface area contributed by atoms with Gasteiger partial charge in [-0.05, 0) is 36.6 Å². The third-order valence-corrected chi connectivity index (χ3v) is 3.74. The van der Waals surface area contributed by atoms with Gasteiger partial charge in [0.05, 0.1) is 11.1 Å². The minimum Gasteiger partial charge on any atom is -0.478 e. The molecule has 1 aliphatic heterocycles. The molecular formula is C15H16N2O2. The summed E-state index contributed by atoms with van der Waals surface area (Å²) < 4.78 is 0. The first-order valence-electron chi connectivity index (χ1n) is 6.52. The summed E-state index contributed by atoms with van der Waals surface area (Å²) in [5.74, 6) is -0.206. The molecule has 1 fully saturated rings. The molecular weight excluding hydrogens is 240 g/mol. The van der Waals surface area contributed by atoms with Gasteiger partial charge in [-0.15, -0.1) is 0 Å². The predicted molar refractivity (Wildman–Crippen MR) is 74.7 cm³/mol.